The fourth-order valence-corrected chi connectivity index (χ4v) is 3.46. The summed E-state index contributed by atoms with van der Waals surface area (Å²) in [7, 11) is 1.52. The van der Waals surface area contributed by atoms with Crippen molar-refractivity contribution in [1.82, 2.24) is 14.8 Å². The number of hydrogen-bond donors (Lipinski definition) is 2. The second-order valence-electron chi connectivity index (χ2n) is 6.70. The lowest BCUT2D eigenvalue weighted by molar-refractivity contribution is -0.113. The molecule has 0 aliphatic carbocycles. The number of nitrogens with one attached hydrogen (secondary N) is 2. The Labute approximate surface area is 176 Å². The number of carbonyl (C=O) groups is 1. The average Bonchev–Trinajstić information content (AvgIpc) is 3.21. The van der Waals surface area contributed by atoms with Gasteiger partial charge >= 0.3 is 6.61 Å². The van der Waals surface area contributed by atoms with E-state index in [1.807, 2.05) is 0 Å². The van der Waals surface area contributed by atoms with Crippen LogP contribution in [0.5, 0.6) is 11.5 Å². The summed E-state index contributed by atoms with van der Waals surface area (Å²) in [5.41, 5.74) is 2.15. The van der Waals surface area contributed by atoms with E-state index in [0.717, 1.165) is 0 Å². The predicted molar refractivity (Wildman–Crippen MR) is 109 cm³/mol. The maximum Gasteiger partial charge on any atom is 0.387 e. The van der Waals surface area contributed by atoms with Gasteiger partial charge in [0.1, 0.15) is 23.9 Å². The Kier molecular flexibility index (Phi) is 5.52. The van der Waals surface area contributed by atoms with Crippen molar-refractivity contribution in [3.8, 4) is 11.5 Å². The van der Waals surface area contributed by atoms with Crippen LogP contribution in [0, 0.1) is 0 Å². The normalized spacial score (nSPS) is 15.3. The number of allylic oxidation sites excluding steroid dienone is 1. The number of benzene rings is 2. The lowest BCUT2D eigenvalue weighted by atomic mass is 9.95. The van der Waals surface area contributed by atoms with Gasteiger partial charge in [0.05, 0.1) is 18.4 Å². The van der Waals surface area contributed by atoms with Gasteiger partial charge in [0.15, 0.2) is 0 Å². The van der Waals surface area contributed by atoms with Gasteiger partial charge in [-0.2, -0.15) is 18.9 Å². The minimum Gasteiger partial charge on any atom is -0.495 e. The zero-order chi connectivity index (χ0) is 22.0. The summed E-state index contributed by atoms with van der Waals surface area (Å²) in [6.07, 6.45) is 1.37. The molecule has 0 bridgehead atoms. The van der Waals surface area contributed by atoms with E-state index in [4.69, 9.17) is 4.74 Å². The Hall–Kier alpha value is -3.95. The zero-order valence-electron chi connectivity index (χ0n) is 16.7. The first kappa shape index (κ1) is 20.3. The molecule has 0 fully saturated rings. The molecule has 10 heteroatoms. The number of hydrogen-bond acceptors (Lipinski definition) is 6. The molecule has 1 amide bonds. The largest absolute Gasteiger partial charge is 0.495 e. The van der Waals surface area contributed by atoms with Gasteiger partial charge in [0.2, 0.25) is 5.95 Å². The number of methoxy groups -OCH3 is 1. The first-order valence-corrected chi connectivity index (χ1v) is 9.34. The Bertz CT molecular complexity index is 1130. The molecule has 160 valence electrons. The highest BCUT2D eigenvalue weighted by molar-refractivity contribution is 6.06. The summed E-state index contributed by atoms with van der Waals surface area (Å²) in [4.78, 5) is 17.5. The summed E-state index contributed by atoms with van der Waals surface area (Å²) in [6.45, 7) is -1.16. The minimum absolute atomic E-state index is 0.0206. The summed E-state index contributed by atoms with van der Waals surface area (Å²) in [5.74, 6) is 0.634. The zero-order valence-corrected chi connectivity index (χ0v) is 16.7. The highest BCUT2D eigenvalue weighted by atomic mass is 19.3. The molecule has 2 heterocycles. The number of ether oxygens (including phenoxy) is 2. The minimum atomic E-state index is -2.92. The molecule has 8 nitrogen and oxygen atoms in total. The number of alkyl halides is 2. The molecule has 0 saturated heterocycles. The molecular weight excluding hydrogens is 408 g/mol. The summed E-state index contributed by atoms with van der Waals surface area (Å²) < 4.78 is 36.3. The first-order valence-electron chi connectivity index (χ1n) is 9.34. The molecule has 1 aromatic heterocycles. The van der Waals surface area contributed by atoms with E-state index in [0.29, 0.717) is 34.2 Å². The SMILES string of the molecule is COc1ccccc1NC(=O)C1=C(C)Nc2ncnn2C1c1ccc(OC(F)F)cc1. The van der Waals surface area contributed by atoms with Crippen molar-refractivity contribution in [2.45, 2.75) is 19.6 Å². The van der Waals surface area contributed by atoms with Crippen molar-refractivity contribution in [2.75, 3.05) is 17.7 Å². The number of aromatic nitrogens is 3. The van der Waals surface area contributed by atoms with Crippen molar-refractivity contribution < 1.29 is 23.0 Å². The van der Waals surface area contributed by atoms with Crippen LogP contribution in [0.2, 0.25) is 0 Å². The fourth-order valence-electron chi connectivity index (χ4n) is 3.46. The first-order chi connectivity index (χ1) is 15.0. The van der Waals surface area contributed by atoms with Crippen LogP contribution in [0.3, 0.4) is 0 Å². The Morgan fingerprint density at radius 3 is 2.65 bits per heavy atom. The van der Waals surface area contributed by atoms with Gasteiger partial charge in [0, 0.05) is 5.70 Å². The van der Waals surface area contributed by atoms with Gasteiger partial charge in [-0.15, -0.1) is 0 Å². The highest BCUT2D eigenvalue weighted by Crippen LogP contribution is 2.36. The molecule has 1 aliphatic rings. The second kappa shape index (κ2) is 8.42. The smallest absolute Gasteiger partial charge is 0.387 e. The third kappa shape index (κ3) is 4.04. The molecule has 2 N–H and O–H groups in total. The van der Waals surface area contributed by atoms with Crippen LogP contribution in [0.1, 0.15) is 18.5 Å². The van der Waals surface area contributed by atoms with Gasteiger partial charge in [-0.25, -0.2) is 4.68 Å². The van der Waals surface area contributed by atoms with Crippen molar-refractivity contribution in [2.24, 2.45) is 0 Å². The maximum atomic E-state index is 13.3. The fraction of sp³-hybridized carbons (Fsp3) is 0.190. The van der Waals surface area contributed by atoms with E-state index < -0.39 is 12.7 Å². The quantitative estimate of drug-likeness (QED) is 0.622. The van der Waals surface area contributed by atoms with Gasteiger partial charge in [0.25, 0.3) is 5.91 Å². The Balaban J connectivity index is 1.71. The van der Waals surface area contributed by atoms with Crippen molar-refractivity contribution >= 4 is 17.5 Å². The number of amides is 1. The number of fused-ring (bicyclic) bond motifs is 1. The van der Waals surface area contributed by atoms with Gasteiger partial charge < -0.3 is 20.1 Å². The van der Waals surface area contributed by atoms with Crippen LogP contribution >= 0.6 is 0 Å². The number of halogens is 2. The molecule has 1 atom stereocenters. The Morgan fingerprint density at radius 1 is 1.19 bits per heavy atom. The third-order valence-corrected chi connectivity index (χ3v) is 4.82. The van der Waals surface area contributed by atoms with Gasteiger partial charge in [-0.1, -0.05) is 24.3 Å². The van der Waals surface area contributed by atoms with Crippen molar-refractivity contribution in [3.63, 3.8) is 0 Å². The molecule has 4 rings (SSSR count). The van der Waals surface area contributed by atoms with E-state index in [1.54, 1.807) is 48.0 Å². The van der Waals surface area contributed by atoms with Crippen molar-refractivity contribution in [1.29, 1.82) is 0 Å². The molecular formula is C21H19F2N5O3. The van der Waals surface area contributed by atoms with E-state index in [-0.39, 0.29) is 11.7 Å². The highest BCUT2D eigenvalue weighted by Gasteiger charge is 2.33. The van der Waals surface area contributed by atoms with E-state index in [9.17, 15) is 13.6 Å². The lowest BCUT2D eigenvalue weighted by Gasteiger charge is -2.29. The number of carbonyl (C=O) groups excluding carboxylic acids is 1. The standard InChI is InChI=1S/C21H19F2N5O3/c1-12-17(19(29)27-15-5-3-4-6-16(15)30-2)18(28-21(26-12)24-11-25-28)13-7-9-14(10-8-13)31-20(22)23/h3-11,18,20H,1-2H3,(H,27,29)(H,24,25,26). The van der Waals surface area contributed by atoms with E-state index in [2.05, 4.69) is 25.5 Å². The summed E-state index contributed by atoms with van der Waals surface area (Å²) >= 11 is 0. The number of anilines is 2. The van der Waals surface area contributed by atoms with E-state index >= 15 is 0 Å². The molecule has 0 radical (unpaired) electrons. The monoisotopic (exact) mass is 427 g/mol. The van der Waals surface area contributed by atoms with Crippen LogP contribution in [0.4, 0.5) is 20.4 Å². The van der Waals surface area contributed by atoms with Crippen LogP contribution in [0.15, 0.2) is 66.1 Å². The van der Waals surface area contributed by atoms with Gasteiger partial charge in [-0.05, 0) is 36.8 Å². The number of nitrogens with zero attached hydrogens (tertiary/aromatic N) is 3. The third-order valence-electron chi connectivity index (χ3n) is 4.82. The lowest BCUT2D eigenvalue weighted by Crippen LogP contribution is -2.31. The number of para-hydroxylation sites is 2. The van der Waals surface area contributed by atoms with Gasteiger partial charge in [-0.3, -0.25) is 4.79 Å². The topological polar surface area (TPSA) is 90.3 Å². The van der Waals surface area contributed by atoms with Crippen LogP contribution in [-0.4, -0.2) is 34.4 Å². The maximum absolute atomic E-state index is 13.3. The molecule has 2 aromatic carbocycles. The Morgan fingerprint density at radius 2 is 1.94 bits per heavy atom. The van der Waals surface area contributed by atoms with Crippen LogP contribution in [0.25, 0.3) is 0 Å². The predicted octanol–water partition coefficient (Wildman–Crippen LogP) is 3.82. The second-order valence-corrected chi connectivity index (χ2v) is 6.70. The molecule has 1 unspecified atom stereocenters. The van der Waals surface area contributed by atoms with Crippen molar-refractivity contribution in [3.05, 3.63) is 71.7 Å². The van der Waals surface area contributed by atoms with Crippen LogP contribution in [-0.2, 0) is 4.79 Å². The van der Waals surface area contributed by atoms with E-state index in [1.165, 1.54) is 25.6 Å². The molecule has 0 saturated carbocycles. The molecule has 3 aromatic rings. The van der Waals surface area contributed by atoms with Crippen LogP contribution < -0.4 is 20.1 Å². The summed E-state index contributed by atoms with van der Waals surface area (Å²) in [6, 6.07) is 12.5. The molecule has 31 heavy (non-hydrogen) atoms. The summed E-state index contributed by atoms with van der Waals surface area (Å²) in [5, 5.41) is 10.2. The average molecular weight is 427 g/mol. The number of rotatable bonds is 6. The molecule has 0 spiro atoms. The molecule has 1 aliphatic heterocycles.